The van der Waals surface area contributed by atoms with E-state index >= 15 is 0 Å². The van der Waals surface area contributed by atoms with Crippen LogP contribution in [0.5, 0.6) is 0 Å². The SMILES string of the molecule is CC(=O)c1cccc(C=CCCNC(=O)OC(C)(C)C)n1. The normalized spacial score (nSPS) is 11.4. The fourth-order valence-corrected chi connectivity index (χ4v) is 1.52. The summed E-state index contributed by atoms with van der Waals surface area (Å²) in [6, 6.07) is 5.30. The third kappa shape index (κ3) is 7.25. The number of aromatic nitrogens is 1. The molecule has 1 rings (SSSR count). The van der Waals surface area contributed by atoms with E-state index in [0.29, 0.717) is 18.7 Å². The number of hydrogen-bond donors (Lipinski definition) is 1. The van der Waals surface area contributed by atoms with Crippen LogP contribution in [-0.2, 0) is 4.74 Å². The van der Waals surface area contributed by atoms with Crippen LogP contribution >= 0.6 is 0 Å². The molecular formula is C16H22N2O3. The highest BCUT2D eigenvalue weighted by molar-refractivity contribution is 5.92. The Bertz CT molecular complexity index is 531. The van der Waals surface area contributed by atoms with Gasteiger partial charge >= 0.3 is 6.09 Å². The van der Waals surface area contributed by atoms with Gasteiger partial charge in [-0.15, -0.1) is 0 Å². The fraction of sp³-hybridized carbons (Fsp3) is 0.438. The van der Waals surface area contributed by atoms with E-state index in [1.165, 1.54) is 6.92 Å². The maximum absolute atomic E-state index is 11.4. The number of alkyl carbamates (subject to hydrolysis) is 1. The molecule has 0 aliphatic carbocycles. The molecule has 0 spiro atoms. The second kappa shape index (κ2) is 7.57. The summed E-state index contributed by atoms with van der Waals surface area (Å²) >= 11 is 0. The largest absolute Gasteiger partial charge is 0.444 e. The second-order valence-corrected chi connectivity index (χ2v) is 5.62. The van der Waals surface area contributed by atoms with E-state index in [9.17, 15) is 9.59 Å². The van der Waals surface area contributed by atoms with Gasteiger partial charge in [-0.2, -0.15) is 0 Å². The number of carbonyl (C=O) groups is 2. The van der Waals surface area contributed by atoms with Crippen molar-refractivity contribution in [3.63, 3.8) is 0 Å². The summed E-state index contributed by atoms with van der Waals surface area (Å²) < 4.78 is 5.12. The second-order valence-electron chi connectivity index (χ2n) is 5.62. The Hall–Kier alpha value is -2.17. The van der Waals surface area contributed by atoms with Crippen molar-refractivity contribution in [2.24, 2.45) is 0 Å². The van der Waals surface area contributed by atoms with E-state index in [4.69, 9.17) is 4.74 Å². The van der Waals surface area contributed by atoms with Gasteiger partial charge in [0.15, 0.2) is 5.78 Å². The van der Waals surface area contributed by atoms with E-state index < -0.39 is 11.7 Å². The van der Waals surface area contributed by atoms with Crippen LogP contribution in [0.25, 0.3) is 6.08 Å². The molecule has 5 nitrogen and oxygen atoms in total. The summed E-state index contributed by atoms with van der Waals surface area (Å²) in [4.78, 5) is 26.8. The number of hydrogen-bond acceptors (Lipinski definition) is 4. The third-order valence-corrected chi connectivity index (χ3v) is 2.40. The number of nitrogens with zero attached hydrogens (tertiary/aromatic N) is 1. The zero-order chi connectivity index (χ0) is 15.9. The molecule has 0 saturated heterocycles. The van der Waals surface area contributed by atoms with Crippen molar-refractivity contribution >= 4 is 18.0 Å². The smallest absolute Gasteiger partial charge is 0.407 e. The van der Waals surface area contributed by atoms with Crippen molar-refractivity contribution in [1.82, 2.24) is 10.3 Å². The van der Waals surface area contributed by atoms with Crippen molar-refractivity contribution in [2.45, 2.75) is 39.7 Å². The zero-order valence-electron chi connectivity index (χ0n) is 13.0. The van der Waals surface area contributed by atoms with E-state index in [2.05, 4.69) is 10.3 Å². The molecule has 0 radical (unpaired) electrons. The van der Waals surface area contributed by atoms with Crippen molar-refractivity contribution in [3.8, 4) is 0 Å². The number of Topliss-reactive ketones (excluding diaryl/α,β-unsaturated/α-hetero) is 1. The lowest BCUT2D eigenvalue weighted by molar-refractivity contribution is 0.0528. The highest BCUT2D eigenvalue weighted by atomic mass is 16.6. The van der Waals surface area contributed by atoms with Gasteiger partial charge in [0.2, 0.25) is 0 Å². The number of ketones is 1. The molecule has 1 heterocycles. The Morgan fingerprint density at radius 2 is 2.05 bits per heavy atom. The molecule has 21 heavy (non-hydrogen) atoms. The van der Waals surface area contributed by atoms with E-state index in [0.717, 1.165) is 5.69 Å². The van der Waals surface area contributed by atoms with E-state index in [1.54, 1.807) is 12.1 Å². The van der Waals surface area contributed by atoms with Crippen molar-refractivity contribution in [3.05, 3.63) is 35.7 Å². The van der Waals surface area contributed by atoms with Crippen molar-refractivity contribution in [2.75, 3.05) is 6.54 Å². The van der Waals surface area contributed by atoms with Crippen molar-refractivity contribution in [1.29, 1.82) is 0 Å². The molecule has 0 aromatic carbocycles. The minimum atomic E-state index is -0.489. The number of rotatable bonds is 5. The third-order valence-electron chi connectivity index (χ3n) is 2.40. The Kier molecular flexibility index (Phi) is 6.09. The number of pyridine rings is 1. The first kappa shape index (κ1) is 16.9. The predicted octanol–water partition coefficient (Wildman–Crippen LogP) is 3.21. The first-order valence-electron chi connectivity index (χ1n) is 6.89. The molecule has 0 saturated carbocycles. The molecular weight excluding hydrogens is 268 g/mol. The van der Waals surface area contributed by atoms with Crippen LogP contribution in [0, 0.1) is 0 Å². The van der Waals surface area contributed by atoms with Gasteiger partial charge in [-0.25, -0.2) is 9.78 Å². The van der Waals surface area contributed by atoms with Gasteiger partial charge in [-0.1, -0.05) is 12.1 Å². The van der Waals surface area contributed by atoms with Gasteiger partial charge in [0.05, 0.1) is 5.69 Å². The molecule has 0 fully saturated rings. The maximum Gasteiger partial charge on any atom is 0.407 e. The highest BCUT2D eigenvalue weighted by Gasteiger charge is 2.15. The number of ether oxygens (including phenoxy) is 1. The van der Waals surface area contributed by atoms with Crippen LogP contribution in [0.2, 0.25) is 0 Å². The lowest BCUT2D eigenvalue weighted by Gasteiger charge is -2.19. The molecule has 1 aromatic heterocycles. The molecule has 0 bridgehead atoms. The number of nitrogens with one attached hydrogen (secondary N) is 1. The van der Waals surface area contributed by atoms with Crippen LogP contribution in [-0.4, -0.2) is 29.0 Å². The standard InChI is InChI=1S/C16H22N2O3/c1-12(19)14-10-7-9-13(18-14)8-5-6-11-17-15(20)21-16(2,3)4/h5,7-10H,6,11H2,1-4H3,(H,17,20). The van der Waals surface area contributed by atoms with Crippen LogP contribution in [0.4, 0.5) is 4.79 Å². The summed E-state index contributed by atoms with van der Waals surface area (Å²) in [5, 5.41) is 2.67. The van der Waals surface area contributed by atoms with Crippen molar-refractivity contribution < 1.29 is 14.3 Å². The lowest BCUT2D eigenvalue weighted by atomic mass is 10.2. The maximum atomic E-state index is 11.4. The number of carbonyl (C=O) groups excluding carboxylic acids is 2. The quantitative estimate of drug-likeness (QED) is 0.668. The molecule has 1 amide bonds. The van der Waals surface area contributed by atoms with E-state index in [1.807, 2.05) is 39.0 Å². The number of amides is 1. The molecule has 114 valence electrons. The first-order chi connectivity index (χ1) is 9.78. The van der Waals surface area contributed by atoms with Crippen LogP contribution in [0.3, 0.4) is 0 Å². The zero-order valence-corrected chi connectivity index (χ0v) is 13.0. The molecule has 0 atom stereocenters. The van der Waals surface area contributed by atoms with Crippen LogP contribution in [0.1, 0.15) is 50.3 Å². The molecule has 0 aliphatic rings. The Morgan fingerprint density at radius 3 is 2.67 bits per heavy atom. The van der Waals surface area contributed by atoms with Gasteiger partial charge in [0.25, 0.3) is 0 Å². The van der Waals surface area contributed by atoms with Gasteiger partial charge in [0.1, 0.15) is 11.3 Å². The van der Waals surface area contributed by atoms with Crippen LogP contribution in [0.15, 0.2) is 24.3 Å². The Balaban J connectivity index is 2.37. The summed E-state index contributed by atoms with van der Waals surface area (Å²) in [5.41, 5.74) is 0.681. The monoisotopic (exact) mass is 290 g/mol. The van der Waals surface area contributed by atoms with Crippen LogP contribution < -0.4 is 5.32 Å². The lowest BCUT2D eigenvalue weighted by Crippen LogP contribution is -2.32. The molecule has 1 N–H and O–H groups in total. The molecule has 0 unspecified atom stereocenters. The molecule has 1 aromatic rings. The van der Waals surface area contributed by atoms with Gasteiger partial charge in [0, 0.05) is 13.5 Å². The van der Waals surface area contributed by atoms with Gasteiger partial charge in [-0.05, 0) is 45.4 Å². The van der Waals surface area contributed by atoms with E-state index in [-0.39, 0.29) is 5.78 Å². The van der Waals surface area contributed by atoms with Gasteiger partial charge < -0.3 is 10.1 Å². The molecule has 0 aliphatic heterocycles. The highest BCUT2D eigenvalue weighted by Crippen LogP contribution is 2.06. The average Bonchev–Trinajstić information content (AvgIpc) is 2.36. The minimum absolute atomic E-state index is 0.0585. The summed E-state index contributed by atoms with van der Waals surface area (Å²) in [7, 11) is 0. The topological polar surface area (TPSA) is 68.3 Å². The fourth-order valence-electron chi connectivity index (χ4n) is 1.52. The first-order valence-corrected chi connectivity index (χ1v) is 6.89. The summed E-state index contributed by atoms with van der Waals surface area (Å²) in [6.07, 6.45) is 3.95. The summed E-state index contributed by atoms with van der Waals surface area (Å²) in [5.74, 6) is -0.0585. The summed E-state index contributed by atoms with van der Waals surface area (Å²) in [6.45, 7) is 7.43. The molecule has 5 heteroatoms. The Labute approximate surface area is 125 Å². The van der Waals surface area contributed by atoms with Gasteiger partial charge in [-0.3, -0.25) is 4.79 Å². The average molecular weight is 290 g/mol. The minimum Gasteiger partial charge on any atom is -0.444 e. The Morgan fingerprint density at radius 1 is 1.33 bits per heavy atom. The predicted molar refractivity (Wildman–Crippen MR) is 82.1 cm³/mol.